The number of hydrogen-bond donors (Lipinski definition) is 5. The lowest BCUT2D eigenvalue weighted by Gasteiger charge is -2.03. The van der Waals surface area contributed by atoms with Gasteiger partial charge in [0.15, 0.2) is 0 Å². The fourth-order valence-electron chi connectivity index (χ4n) is 0.630. The molecule has 0 bridgehead atoms. The van der Waals surface area contributed by atoms with Crippen molar-refractivity contribution >= 4 is 17.8 Å². The van der Waals surface area contributed by atoms with E-state index < -0.39 is 17.8 Å². The maximum Gasteiger partial charge on any atom is 0.303 e. The van der Waals surface area contributed by atoms with Crippen LogP contribution >= 0.6 is 0 Å². The van der Waals surface area contributed by atoms with Gasteiger partial charge >= 0.3 is 5.97 Å². The molecule has 0 aromatic carbocycles. The summed E-state index contributed by atoms with van der Waals surface area (Å²) in [6.45, 7) is 0. The van der Waals surface area contributed by atoms with Gasteiger partial charge in [0.1, 0.15) is 0 Å². The van der Waals surface area contributed by atoms with Gasteiger partial charge in [-0.25, -0.2) is 5.48 Å². The summed E-state index contributed by atoms with van der Waals surface area (Å²) in [5, 5.41) is 25.1. The number of hydrogen-bond acceptors (Lipinski definition) is 4. The topological polar surface area (TPSA) is 123 Å². The Labute approximate surface area is 74.2 Å². The molecule has 0 aliphatic heterocycles. The smallest absolute Gasteiger partial charge is 0.303 e. The molecule has 0 unspecified atom stereocenters. The molecule has 0 saturated heterocycles. The zero-order valence-electron chi connectivity index (χ0n) is 6.83. The van der Waals surface area contributed by atoms with Crippen LogP contribution in [0.15, 0.2) is 0 Å². The quantitative estimate of drug-likeness (QED) is 0.227. The van der Waals surface area contributed by atoms with Crippen molar-refractivity contribution in [3.8, 4) is 0 Å². The van der Waals surface area contributed by atoms with Crippen LogP contribution in [0.3, 0.4) is 0 Å². The molecule has 74 valence electrons. The van der Waals surface area contributed by atoms with Crippen molar-refractivity contribution in [1.82, 2.24) is 10.8 Å². The lowest BCUT2D eigenvalue weighted by molar-refractivity contribution is -0.137. The lowest BCUT2D eigenvalue weighted by atomic mass is 10.2. The highest BCUT2D eigenvalue weighted by Crippen LogP contribution is 1.94. The Morgan fingerprint density at radius 1 is 1.31 bits per heavy atom. The number of amides is 1. The molecule has 0 aromatic heterocycles. The van der Waals surface area contributed by atoms with Gasteiger partial charge in [0.2, 0.25) is 11.9 Å². The molecule has 1 amide bonds. The summed E-state index contributed by atoms with van der Waals surface area (Å²) in [7, 11) is 0. The van der Waals surface area contributed by atoms with Gasteiger partial charge in [-0.3, -0.25) is 25.5 Å². The van der Waals surface area contributed by atoms with Crippen molar-refractivity contribution in [3.63, 3.8) is 0 Å². The number of nitrogens with one attached hydrogen (secondary N) is 3. The van der Waals surface area contributed by atoms with E-state index in [2.05, 4.69) is 0 Å². The van der Waals surface area contributed by atoms with Crippen molar-refractivity contribution in [3.05, 3.63) is 0 Å². The van der Waals surface area contributed by atoms with E-state index in [1.165, 1.54) is 5.48 Å². The van der Waals surface area contributed by atoms with Gasteiger partial charge in [-0.2, -0.15) is 0 Å². The first-order valence-electron chi connectivity index (χ1n) is 3.56. The van der Waals surface area contributed by atoms with E-state index in [4.69, 9.17) is 15.7 Å². The van der Waals surface area contributed by atoms with Crippen LogP contribution in [0.2, 0.25) is 0 Å². The molecular weight excluding hydrogens is 178 g/mol. The number of rotatable bonds is 4. The Balaban J connectivity index is 3.52. The molecule has 0 atom stereocenters. The summed E-state index contributed by atoms with van der Waals surface area (Å²) in [5.74, 6) is -2.00. The molecule has 7 heteroatoms. The minimum atomic E-state index is -0.969. The molecule has 0 heterocycles. The summed E-state index contributed by atoms with van der Waals surface area (Å²) >= 11 is 0. The number of carboxylic acids is 1. The van der Waals surface area contributed by atoms with Crippen molar-refractivity contribution in [1.29, 1.82) is 5.41 Å². The number of carbonyl (C=O) groups is 2. The second-order valence-corrected chi connectivity index (χ2v) is 2.28. The molecule has 0 saturated carbocycles. The van der Waals surface area contributed by atoms with E-state index in [1.807, 2.05) is 5.32 Å². The third-order valence-corrected chi connectivity index (χ3v) is 1.17. The predicted molar refractivity (Wildman–Crippen MR) is 42.3 cm³/mol. The molecule has 7 nitrogen and oxygen atoms in total. The van der Waals surface area contributed by atoms with E-state index in [0.29, 0.717) is 0 Å². The maximum atomic E-state index is 10.8. The van der Waals surface area contributed by atoms with Crippen molar-refractivity contribution in [2.45, 2.75) is 19.3 Å². The Morgan fingerprint density at radius 2 is 1.92 bits per heavy atom. The average Bonchev–Trinajstić information content (AvgIpc) is 2.03. The van der Waals surface area contributed by atoms with Crippen LogP contribution in [0.25, 0.3) is 0 Å². The van der Waals surface area contributed by atoms with Crippen LogP contribution in [0, 0.1) is 5.41 Å². The van der Waals surface area contributed by atoms with E-state index in [1.54, 1.807) is 0 Å². The van der Waals surface area contributed by atoms with Gasteiger partial charge in [0.05, 0.1) is 0 Å². The fourth-order valence-corrected chi connectivity index (χ4v) is 0.630. The second kappa shape index (κ2) is 5.95. The summed E-state index contributed by atoms with van der Waals surface area (Å²) in [4.78, 5) is 20.8. The van der Waals surface area contributed by atoms with Crippen LogP contribution in [0.4, 0.5) is 0 Å². The van der Waals surface area contributed by atoms with Crippen molar-refractivity contribution in [2.75, 3.05) is 0 Å². The minimum absolute atomic E-state index is 0.0103. The summed E-state index contributed by atoms with van der Waals surface area (Å²) in [6.07, 6.45) is 0.129. The normalized spacial score (nSPS) is 9.00. The van der Waals surface area contributed by atoms with Crippen molar-refractivity contribution < 1.29 is 19.9 Å². The molecular formula is C6H11N3O4. The van der Waals surface area contributed by atoms with Gasteiger partial charge in [0, 0.05) is 12.8 Å². The first-order valence-corrected chi connectivity index (χ1v) is 3.56. The summed E-state index contributed by atoms with van der Waals surface area (Å²) in [5.41, 5.74) is 1.43. The predicted octanol–water partition coefficient (Wildman–Crippen LogP) is -0.729. The number of hydroxylamine groups is 1. The van der Waals surface area contributed by atoms with Gasteiger partial charge in [-0.05, 0) is 6.42 Å². The van der Waals surface area contributed by atoms with E-state index in [-0.39, 0.29) is 19.3 Å². The van der Waals surface area contributed by atoms with Crippen LogP contribution in [0.5, 0.6) is 0 Å². The molecule has 0 fully saturated rings. The van der Waals surface area contributed by atoms with Crippen molar-refractivity contribution in [2.24, 2.45) is 0 Å². The minimum Gasteiger partial charge on any atom is -0.481 e. The number of carbonyl (C=O) groups excluding carboxylic acids is 1. The number of guanidine groups is 1. The fraction of sp³-hybridized carbons (Fsp3) is 0.500. The first kappa shape index (κ1) is 11.4. The highest BCUT2D eigenvalue weighted by atomic mass is 16.5. The Morgan fingerprint density at radius 3 is 2.38 bits per heavy atom. The average molecular weight is 189 g/mol. The maximum absolute atomic E-state index is 10.8. The largest absolute Gasteiger partial charge is 0.481 e. The van der Waals surface area contributed by atoms with Gasteiger partial charge in [-0.1, -0.05) is 0 Å². The Bertz CT molecular complexity index is 216. The van der Waals surface area contributed by atoms with Crippen LogP contribution < -0.4 is 10.8 Å². The van der Waals surface area contributed by atoms with Gasteiger partial charge in [0.25, 0.3) is 0 Å². The van der Waals surface area contributed by atoms with Gasteiger partial charge in [-0.15, -0.1) is 0 Å². The third-order valence-electron chi connectivity index (χ3n) is 1.17. The molecule has 0 aromatic rings. The molecule has 0 radical (unpaired) electrons. The standard InChI is InChI=1S/C6H11N3O4/c7-6(9-13)8-4(10)2-1-3-5(11)12/h13H,1-3H2,(H,11,12)(H3,7,8,9,10). The number of aliphatic carboxylic acids is 1. The van der Waals surface area contributed by atoms with Crippen LogP contribution in [-0.4, -0.2) is 28.1 Å². The highest BCUT2D eigenvalue weighted by molar-refractivity contribution is 5.94. The zero-order chi connectivity index (χ0) is 10.3. The summed E-state index contributed by atoms with van der Waals surface area (Å²) in [6, 6.07) is 0. The molecule has 0 rings (SSSR count). The SMILES string of the molecule is N=C(NO)NC(=O)CCCC(=O)O. The number of carboxylic acid groups (broad SMARTS) is 1. The molecule has 13 heavy (non-hydrogen) atoms. The molecule has 5 N–H and O–H groups in total. The van der Waals surface area contributed by atoms with E-state index >= 15 is 0 Å². The third kappa shape index (κ3) is 6.76. The molecule has 0 spiro atoms. The van der Waals surface area contributed by atoms with Crippen LogP contribution in [-0.2, 0) is 9.59 Å². The second-order valence-electron chi connectivity index (χ2n) is 2.28. The van der Waals surface area contributed by atoms with E-state index in [9.17, 15) is 9.59 Å². The summed E-state index contributed by atoms with van der Waals surface area (Å²) < 4.78 is 0. The monoisotopic (exact) mass is 189 g/mol. The Hall–Kier alpha value is -1.63. The molecule has 0 aliphatic rings. The zero-order valence-corrected chi connectivity index (χ0v) is 6.83. The lowest BCUT2D eigenvalue weighted by Crippen LogP contribution is -2.38. The van der Waals surface area contributed by atoms with Gasteiger partial charge < -0.3 is 5.11 Å². The first-order chi connectivity index (χ1) is 6.06. The Kier molecular flexibility index (Phi) is 5.20. The van der Waals surface area contributed by atoms with Crippen LogP contribution in [0.1, 0.15) is 19.3 Å². The molecule has 0 aliphatic carbocycles. The van der Waals surface area contributed by atoms with E-state index in [0.717, 1.165) is 0 Å². The highest BCUT2D eigenvalue weighted by Gasteiger charge is 2.04.